The van der Waals surface area contributed by atoms with Crippen molar-refractivity contribution < 1.29 is 0 Å². The standard InChI is InChI=1S/C16H27N5/c1-16(2,3)21-8-6-20(7-9-21)15-12-17-10-14(19-15)11-18-13-4-5-13/h10,12-13,18H,4-9,11H2,1-3H3. The zero-order chi connectivity index (χ0) is 14.9. The van der Waals surface area contributed by atoms with Crippen LogP contribution in [0.25, 0.3) is 0 Å². The molecule has 1 aromatic rings. The summed E-state index contributed by atoms with van der Waals surface area (Å²) >= 11 is 0. The molecule has 1 N–H and O–H groups in total. The highest BCUT2D eigenvalue weighted by Gasteiger charge is 2.26. The Kier molecular flexibility index (Phi) is 4.13. The van der Waals surface area contributed by atoms with E-state index in [1.165, 1.54) is 12.8 Å². The van der Waals surface area contributed by atoms with Gasteiger partial charge in [0.15, 0.2) is 0 Å². The first-order chi connectivity index (χ1) is 10.0. The SMILES string of the molecule is CC(C)(C)N1CCN(c2cncc(CNC3CC3)n2)CC1. The summed E-state index contributed by atoms with van der Waals surface area (Å²) in [6.07, 6.45) is 6.39. The van der Waals surface area contributed by atoms with Gasteiger partial charge in [-0.15, -0.1) is 0 Å². The Hall–Kier alpha value is -1.20. The van der Waals surface area contributed by atoms with Crippen molar-refractivity contribution in [1.29, 1.82) is 0 Å². The first-order valence-electron chi connectivity index (χ1n) is 8.07. The van der Waals surface area contributed by atoms with Gasteiger partial charge in [-0.25, -0.2) is 4.98 Å². The quantitative estimate of drug-likeness (QED) is 0.913. The second-order valence-electron chi connectivity index (χ2n) is 7.17. The van der Waals surface area contributed by atoms with Gasteiger partial charge in [0.25, 0.3) is 0 Å². The summed E-state index contributed by atoms with van der Waals surface area (Å²) in [6, 6.07) is 0.714. The number of aromatic nitrogens is 2. The van der Waals surface area contributed by atoms with Gasteiger partial charge in [0.05, 0.1) is 11.9 Å². The van der Waals surface area contributed by atoms with Gasteiger partial charge in [0.2, 0.25) is 0 Å². The van der Waals surface area contributed by atoms with Crippen molar-refractivity contribution in [1.82, 2.24) is 20.2 Å². The molecule has 0 bridgehead atoms. The van der Waals surface area contributed by atoms with E-state index >= 15 is 0 Å². The van der Waals surface area contributed by atoms with Crippen LogP contribution in [0.5, 0.6) is 0 Å². The minimum atomic E-state index is 0.258. The third-order valence-corrected chi connectivity index (χ3v) is 4.37. The number of nitrogens with zero attached hydrogens (tertiary/aromatic N) is 4. The Morgan fingerprint density at radius 3 is 2.48 bits per heavy atom. The Bertz CT molecular complexity index is 470. The molecule has 0 spiro atoms. The summed E-state index contributed by atoms with van der Waals surface area (Å²) in [5, 5.41) is 3.50. The van der Waals surface area contributed by atoms with Crippen molar-refractivity contribution in [2.24, 2.45) is 0 Å². The molecule has 0 atom stereocenters. The predicted octanol–water partition coefficient (Wildman–Crippen LogP) is 1.65. The smallest absolute Gasteiger partial charge is 0.147 e. The molecule has 2 heterocycles. The third kappa shape index (κ3) is 3.92. The van der Waals surface area contributed by atoms with Gasteiger partial charge in [-0.2, -0.15) is 0 Å². The molecule has 1 aromatic heterocycles. The molecule has 2 aliphatic rings. The largest absolute Gasteiger partial charge is 0.353 e. The lowest BCUT2D eigenvalue weighted by Crippen LogP contribution is -2.53. The lowest BCUT2D eigenvalue weighted by atomic mass is 10.1. The predicted molar refractivity (Wildman–Crippen MR) is 85.4 cm³/mol. The van der Waals surface area contributed by atoms with Crippen LogP contribution in [0.4, 0.5) is 5.82 Å². The second kappa shape index (κ2) is 5.89. The fraction of sp³-hybridized carbons (Fsp3) is 0.750. The van der Waals surface area contributed by atoms with Gasteiger partial charge in [-0.05, 0) is 33.6 Å². The third-order valence-electron chi connectivity index (χ3n) is 4.37. The first-order valence-corrected chi connectivity index (χ1v) is 8.07. The Morgan fingerprint density at radius 1 is 1.14 bits per heavy atom. The molecule has 1 aliphatic carbocycles. The van der Waals surface area contributed by atoms with Gasteiger partial charge in [-0.3, -0.25) is 9.88 Å². The lowest BCUT2D eigenvalue weighted by molar-refractivity contribution is 0.128. The first kappa shape index (κ1) is 14.7. The minimum Gasteiger partial charge on any atom is -0.353 e. The summed E-state index contributed by atoms with van der Waals surface area (Å²) < 4.78 is 0. The van der Waals surface area contributed by atoms with E-state index in [0.29, 0.717) is 6.04 Å². The van der Waals surface area contributed by atoms with Crippen molar-refractivity contribution in [2.75, 3.05) is 31.1 Å². The Labute approximate surface area is 127 Å². The van der Waals surface area contributed by atoms with Gasteiger partial charge < -0.3 is 10.2 Å². The molecule has 0 aromatic carbocycles. The van der Waals surface area contributed by atoms with Crippen molar-refractivity contribution in [3.8, 4) is 0 Å². The molecule has 5 heteroatoms. The molecule has 1 saturated carbocycles. The number of piperazine rings is 1. The zero-order valence-electron chi connectivity index (χ0n) is 13.5. The van der Waals surface area contributed by atoms with Crippen LogP contribution in [0.3, 0.4) is 0 Å². The highest BCUT2D eigenvalue weighted by molar-refractivity contribution is 5.37. The number of nitrogens with one attached hydrogen (secondary N) is 1. The van der Waals surface area contributed by atoms with E-state index in [-0.39, 0.29) is 5.54 Å². The van der Waals surface area contributed by atoms with E-state index in [2.05, 4.69) is 40.9 Å². The summed E-state index contributed by atoms with van der Waals surface area (Å²) in [5.41, 5.74) is 1.31. The maximum Gasteiger partial charge on any atom is 0.147 e. The average molecular weight is 289 g/mol. The van der Waals surface area contributed by atoms with Crippen LogP contribution in [-0.4, -0.2) is 52.6 Å². The summed E-state index contributed by atoms with van der Waals surface area (Å²) in [7, 11) is 0. The number of rotatable bonds is 4. The molecule has 2 fully saturated rings. The molecule has 1 saturated heterocycles. The monoisotopic (exact) mass is 289 g/mol. The molecule has 1 aliphatic heterocycles. The van der Waals surface area contributed by atoms with Gasteiger partial charge in [0.1, 0.15) is 5.82 Å². The van der Waals surface area contributed by atoms with E-state index in [1.54, 1.807) is 0 Å². The average Bonchev–Trinajstić information content (AvgIpc) is 3.29. The second-order valence-corrected chi connectivity index (χ2v) is 7.17. The van der Waals surface area contributed by atoms with Crippen molar-refractivity contribution in [3.63, 3.8) is 0 Å². The van der Waals surface area contributed by atoms with E-state index in [1.807, 2.05) is 12.4 Å². The van der Waals surface area contributed by atoms with Crippen LogP contribution in [0.1, 0.15) is 39.3 Å². The summed E-state index contributed by atoms with van der Waals surface area (Å²) in [5.74, 6) is 1.03. The molecule has 0 amide bonds. The lowest BCUT2D eigenvalue weighted by Gasteiger charge is -2.42. The molecule has 0 unspecified atom stereocenters. The van der Waals surface area contributed by atoms with E-state index in [0.717, 1.165) is 44.2 Å². The molecule has 3 rings (SSSR count). The van der Waals surface area contributed by atoms with E-state index in [9.17, 15) is 0 Å². The maximum absolute atomic E-state index is 4.77. The normalized spacial score (nSPS) is 20.8. The topological polar surface area (TPSA) is 44.3 Å². The van der Waals surface area contributed by atoms with Crippen LogP contribution >= 0.6 is 0 Å². The maximum atomic E-state index is 4.77. The molecule has 116 valence electrons. The van der Waals surface area contributed by atoms with E-state index < -0.39 is 0 Å². The van der Waals surface area contributed by atoms with Crippen molar-refractivity contribution in [2.45, 2.75) is 51.7 Å². The van der Waals surface area contributed by atoms with Crippen molar-refractivity contribution >= 4 is 5.82 Å². The molecular weight excluding hydrogens is 262 g/mol. The summed E-state index contributed by atoms with van der Waals surface area (Å²) in [6.45, 7) is 11.9. The van der Waals surface area contributed by atoms with Crippen LogP contribution in [0, 0.1) is 0 Å². The summed E-state index contributed by atoms with van der Waals surface area (Å²) in [4.78, 5) is 14.0. The number of anilines is 1. The van der Waals surface area contributed by atoms with Crippen LogP contribution in [0.15, 0.2) is 12.4 Å². The van der Waals surface area contributed by atoms with Crippen LogP contribution < -0.4 is 10.2 Å². The van der Waals surface area contributed by atoms with E-state index in [4.69, 9.17) is 4.98 Å². The minimum absolute atomic E-state index is 0.258. The van der Waals surface area contributed by atoms with Crippen molar-refractivity contribution in [3.05, 3.63) is 18.1 Å². The van der Waals surface area contributed by atoms with Gasteiger partial charge in [-0.1, -0.05) is 0 Å². The van der Waals surface area contributed by atoms with Gasteiger partial charge >= 0.3 is 0 Å². The highest BCUT2D eigenvalue weighted by atomic mass is 15.3. The van der Waals surface area contributed by atoms with Crippen LogP contribution in [0.2, 0.25) is 0 Å². The molecule has 5 nitrogen and oxygen atoms in total. The number of hydrogen-bond donors (Lipinski definition) is 1. The molecule has 21 heavy (non-hydrogen) atoms. The Morgan fingerprint density at radius 2 is 1.86 bits per heavy atom. The number of hydrogen-bond acceptors (Lipinski definition) is 5. The highest BCUT2D eigenvalue weighted by Crippen LogP contribution is 2.20. The zero-order valence-corrected chi connectivity index (χ0v) is 13.5. The fourth-order valence-electron chi connectivity index (χ4n) is 2.78. The van der Waals surface area contributed by atoms with Gasteiger partial charge in [0, 0.05) is 50.5 Å². The fourth-order valence-corrected chi connectivity index (χ4v) is 2.78. The molecule has 0 radical (unpaired) electrons. The van der Waals surface area contributed by atoms with Crippen LogP contribution in [-0.2, 0) is 6.54 Å². The Balaban J connectivity index is 1.58. The molecular formula is C16H27N5.